The standard InChI is InChI=1S/C16H18N2OS/c1-12(19)16-17-14-8-10-18(11-15(14)20-16)9-7-13-5-3-2-4-6-13/h2-6H,7-11H2,1H3. The predicted octanol–water partition coefficient (Wildman–Crippen LogP) is 2.95. The monoisotopic (exact) mass is 286 g/mol. The maximum absolute atomic E-state index is 11.4. The van der Waals surface area contributed by atoms with E-state index in [1.165, 1.54) is 10.4 Å². The van der Waals surface area contributed by atoms with Crippen LogP contribution >= 0.6 is 11.3 Å². The molecule has 3 nitrogen and oxygen atoms in total. The first kappa shape index (κ1) is 13.5. The SMILES string of the molecule is CC(=O)c1nc2c(s1)CN(CCc1ccccc1)CC2. The van der Waals surface area contributed by atoms with Crippen molar-refractivity contribution in [2.75, 3.05) is 13.1 Å². The van der Waals surface area contributed by atoms with Gasteiger partial charge in [-0.25, -0.2) is 4.98 Å². The highest BCUT2D eigenvalue weighted by Crippen LogP contribution is 2.25. The van der Waals surface area contributed by atoms with Crippen LogP contribution in [0, 0.1) is 0 Å². The zero-order chi connectivity index (χ0) is 13.9. The van der Waals surface area contributed by atoms with Gasteiger partial charge in [0.25, 0.3) is 0 Å². The molecule has 0 unspecified atom stereocenters. The van der Waals surface area contributed by atoms with E-state index in [2.05, 4.69) is 40.2 Å². The molecule has 104 valence electrons. The Hall–Kier alpha value is -1.52. The third-order valence-electron chi connectivity index (χ3n) is 3.67. The Morgan fingerprint density at radius 3 is 2.90 bits per heavy atom. The van der Waals surface area contributed by atoms with Gasteiger partial charge in [-0.1, -0.05) is 30.3 Å². The topological polar surface area (TPSA) is 33.2 Å². The first-order valence-electron chi connectivity index (χ1n) is 6.98. The molecule has 2 aromatic rings. The van der Waals surface area contributed by atoms with Gasteiger partial charge in [-0.15, -0.1) is 11.3 Å². The largest absolute Gasteiger partial charge is 0.297 e. The molecule has 2 heterocycles. The van der Waals surface area contributed by atoms with Gasteiger partial charge in [0, 0.05) is 37.9 Å². The average Bonchev–Trinajstić information content (AvgIpc) is 2.89. The molecule has 0 atom stereocenters. The number of benzene rings is 1. The molecule has 0 fully saturated rings. The molecule has 3 rings (SSSR count). The Labute approximate surface area is 123 Å². The highest BCUT2D eigenvalue weighted by atomic mass is 32.1. The lowest BCUT2D eigenvalue weighted by Gasteiger charge is -2.25. The zero-order valence-corrected chi connectivity index (χ0v) is 12.4. The molecule has 0 amide bonds. The highest BCUT2D eigenvalue weighted by molar-refractivity contribution is 7.13. The summed E-state index contributed by atoms with van der Waals surface area (Å²) in [4.78, 5) is 19.6. The number of nitrogens with zero attached hydrogens (tertiary/aromatic N) is 2. The summed E-state index contributed by atoms with van der Waals surface area (Å²) >= 11 is 1.57. The second-order valence-electron chi connectivity index (χ2n) is 5.21. The number of hydrogen-bond donors (Lipinski definition) is 0. The highest BCUT2D eigenvalue weighted by Gasteiger charge is 2.21. The molecule has 1 aromatic carbocycles. The fourth-order valence-corrected chi connectivity index (χ4v) is 3.57. The predicted molar refractivity (Wildman–Crippen MR) is 81.2 cm³/mol. The molecule has 0 spiro atoms. The molecular weight excluding hydrogens is 268 g/mol. The summed E-state index contributed by atoms with van der Waals surface area (Å²) < 4.78 is 0. The van der Waals surface area contributed by atoms with E-state index in [1.54, 1.807) is 18.3 Å². The first-order valence-corrected chi connectivity index (χ1v) is 7.80. The first-order chi connectivity index (χ1) is 9.72. The number of carbonyl (C=O) groups excluding carboxylic acids is 1. The van der Waals surface area contributed by atoms with Gasteiger partial charge in [-0.2, -0.15) is 0 Å². The number of rotatable bonds is 4. The maximum Gasteiger partial charge on any atom is 0.188 e. The molecule has 0 saturated heterocycles. The van der Waals surface area contributed by atoms with Gasteiger partial charge >= 0.3 is 0 Å². The van der Waals surface area contributed by atoms with Gasteiger partial charge in [0.1, 0.15) is 0 Å². The van der Waals surface area contributed by atoms with Gasteiger partial charge in [0.15, 0.2) is 10.8 Å². The molecule has 1 aromatic heterocycles. The molecular formula is C16H18N2OS. The number of thiazole rings is 1. The number of hydrogen-bond acceptors (Lipinski definition) is 4. The molecule has 1 aliphatic rings. The number of ketones is 1. The van der Waals surface area contributed by atoms with E-state index < -0.39 is 0 Å². The van der Waals surface area contributed by atoms with E-state index in [-0.39, 0.29) is 5.78 Å². The Bertz CT molecular complexity index is 606. The van der Waals surface area contributed by atoms with Crippen LogP contribution in [0.25, 0.3) is 0 Å². The normalized spacial score (nSPS) is 15.1. The molecule has 4 heteroatoms. The number of carbonyl (C=O) groups is 1. The summed E-state index contributed by atoms with van der Waals surface area (Å²) in [5.74, 6) is 0.0836. The van der Waals surface area contributed by atoms with Gasteiger partial charge in [0.2, 0.25) is 0 Å². The Morgan fingerprint density at radius 2 is 2.15 bits per heavy atom. The Morgan fingerprint density at radius 1 is 1.35 bits per heavy atom. The van der Waals surface area contributed by atoms with Crippen LogP contribution in [-0.2, 0) is 19.4 Å². The number of fused-ring (bicyclic) bond motifs is 1. The average molecular weight is 286 g/mol. The molecule has 0 saturated carbocycles. The van der Waals surface area contributed by atoms with Crippen LogP contribution in [0.4, 0.5) is 0 Å². The molecule has 0 radical (unpaired) electrons. The van der Waals surface area contributed by atoms with Crippen LogP contribution in [0.15, 0.2) is 30.3 Å². The summed E-state index contributed by atoms with van der Waals surface area (Å²) in [6.45, 7) is 4.64. The number of Topliss-reactive ketones (excluding diaryl/α,β-unsaturated/α-hetero) is 1. The Balaban J connectivity index is 1.62. The van der Waals surface area contributed by atoms with Crippen LogP contribution in [0.2, 0.25) is 0 Å². The lowest BCUT2D eigenvalue weighted by molar-refractivity contribution is 0.101. The van der Waals surface area contributed by atoms with E-state index in [0.29, 0.717) is 5.01 Å². The third-order valence-corrected chi connectivity index (χ3v) is 4.85. The van der Waals surface area contributed by atoms with Crippen molar-refractivity contribution in [3.8, 4) is 0 Å². The molecule has 0 N–H and O–H groups in total. The van der Waals surface area contributed by atoms with Crippen LogP contribution in [0.1, 0.15) is 32.9 Å². The van der Waals surface area contributed by atoms with Crippen LogP contribution in [-0.4, -0.2) is 28.8 Å². The van der Waals surface area contributed by atoms with Crippen molar-refractivity contribution >= 4 is 17.1 Å². The number of aromatic nitrogens is 1. The Kier molecular flexibility index (Phi) is 3.94. The lowest BCUT2D eigenvalue weighted by atomic mass is 10.1. The van der Waals surface area contributed by atoms with E-state index in [1.807, 2.05) is 0 Å². The van der Waals surface area contributed by atoms with E-state index in [4.69, 9.17) is 0 Å². The molecule has 0 bridgehead atoms. The lowest BCUT2D eigenvalue weighted by Crippen LogP contribution is -2.31. The van der Waals surface area contributed by atoms with Crippen molar-refractivity contribution in [2.24, 2.45) is 0 Å². The smallest absolute Gasteiger partial charge is 0.188 e. The molecule has 0 aliphatic carbocycles. The summed E-state index contributed by atoms with van der Waals surface area (Å²) in [5.41, 5.74) is 2.52. The van der Waals surface area contributed by atoms with Gasteiger partial charge in [-0.05, 0) is 12.0 Å². The van der Waals surface area contributed by atoms with Crippen molar-refractivity contribution in [3.05, 3.63) is 51.5 Å². The summed E-state index contributed by atoms with van der Waals surface area (Å²) in [7, 11) is 0. The zero-order valence-electron chi connectivity index (χ0n) is 11.6. The van der Waals surface area contributed by atoms with Crippen molar-refractivity contribution in [2.45, 2.75) is 26.3 Å². The van der Waals surface area contributed by atoms with Gasteiger partial charge in [-0.3, -0.25) is 9.69 Å². The fraction of sp³-hybridized carbons (Fsp3) is 0.375. The van der Waals surface area contributed by atoms with Crippen molar-refractivity contribution in [3.63, 3.8) is 0 Å². The molecule has 20 heavy (non-hydrogen) atoms. The third kappa shape index (κ3) is 2.97. The van der Waals surface area contributed by atoms with Crippen molar-refractivity contribution < 1.29 is 4.79 Å². The van der Waals surface area contributed by atoms with Crippen molar-refractivity contribution in [1.29, 1.82) is 0 Å². The van der Waals surface area contributed by atoms with Crippen LogP contribution in [0.5, 0.6) is 0 Å². The van der Waals surface area contributed by atoms with Gasteiger partial charge in [0.05, 0.1) is 5.69 Å². The van der Waals surface area contributed by atoms with E-state index in [0.717, 1.165) is 38.2 Å². The second-order valence-corrected chi connectivity index (χ2v) is 6.29. The van der Waals surface area contributed by atoms with Crippen LogP contribution < -0.4 is 0 Å². The maximum atomic E-state index is 11.4. The minimum absolute atomic E-state index is 0.0836. The quantitative estimate of drug-likeness (QED) is 0.810. The van der Waals surface area contributed by atoms with Crippen molar-refractivity contribution in [1.82, 2.24) is 9.88 Å². The summed E-state index contributed by atoms with van der Waals surface area (Å²) in [6, 6.07) is 10.6. The summed E-state index contributed by atoms with van der Waals surface area (Å²) in [5, 5.41) is 0.667. The minimum Gasteiger partial charge on any atom is -0.297 e. The van der Waals surface area contributed by atoms with E-state index >= 15 is 0 Å². The second kappa shape index (κ2) is 5.85. The minimum atomic E-state index is 0.0836. The molecule has 1 aliphatic heterocycles. The van der Waals surface area contributed by atoms with Gasteiger partial charge < -0.3 is 0 Å². The van der Waals surface area contributed by atoms with E-state index in [9.17, 15) is 4.79 Å². The van der Waals surface area contributed by atoms with Crippen LogP contribution in [0.3, 0.4) is 0 Å². The summed E-state index contributed by atoms with van der Waals surface area (Å²) in [6.07, 6.45) is 2.04. The fourth-order valence-electron chi connectivity index (χ4n) is 2.52.